The molecule has 2 N–H and O–H groups in total. The molecule has 1 fully saturated rings. The summed E-state index contributed by atoms with van der Waals surface area (Å²) in [5, 5.41) is 5.70. The lowest BCUT2D eigenvalue weighted by atomic mass is 10.1. The number of hydrogen-bond acceptors (Lipinski definition) is 5. The standard InChI is InChI=1S/C26H33N5O3/c1-2-24(32)28-15-8-6-12-22(29-25(33)20-21-10-4-3-5-11-21)26(34)31-18-16-30(17-19-31)23-13-7-9-14-27-23/h2-5,7,9-11,13-14,22H,1,6,8,12,15-20H2,(H,28,32)(H,29,33). The second kappa shape index (κ2) is 13.1. The summed E-state index contributed by atoms with van der Waals surface area (Å²) in [4.78, 5) is 45.7. The molecule has 1 aliphatic heterocycles. The van der Waals surface area contributed by atoms with Gasteiger partial charge < -0.3 is 20.4 Å². The third-order valence-corrected chi connectivity index (χ3v) is 5.81. The number of unbranched alkanes of at least 4 members (excludes halogenated alkanes) is 1. The topological polar surface area (TPSA) is 94.6 Å². The minimum absolute atomic E-state index is 0.0581. The van der Waals surface area contributed by atoms with Crippen LogP contribution in [0.25, 0.3) is 0 Å². The minimum atomic E-state index is -0.590. The molecule has 0 radical (unpaired) electrons. The molecular formula is C26H33N5O3. The van der Waals surface area contributed by atoms with Crippen LogP contribution in [-0.4, -0.2) is 66.4 Å². The molecule has 1 aromatic heterocycles. The molecule has 1 unspecified atom stereocenters. The Balaban J connectivity index is 1.56. The molecule has 1 saturated heterocycles. The van der Waals surface area contributed by atoms with Gasteiger partial charge in [-0.1, -0.05) is 43.0 Å². The zero-order chi connectivity index (χ0) is 24.2. The van der Waals surface area contributed by atoms with Crippen molar-refractivity contribution in [3.8, 4) is 0 Å². The van der Waals surface area contributed by atoms with Gasteiger partial charge in [-0.3, -0.25) is 14.4 Å². The number of anilines is 1. The van der Waals surface area contributed by atoms with Crippen LogP contribution < -0.4 is 15.5 Å². The fourth-order valence-electron chi connectivity index (χ4n) is 3.96. The highest BCUT2D eigenvalue weighted by atomic mass is 16.2. The molecule has 8 heteroatoms. The number of nitrogens with zero attached hydrogens (tertiary/aromatic N) is 3. The number of benzene rings is 1. The second-order valence-corrected chi connectivity index (χ2v) is 8.27. The van der Waals surface area contributed by atoms with Crippen LogP contribution in [0.5, 0.6) is 0 Å². The number of carbonyl (C=O) groups excluding carboxylic acids is 3. The van der Waals surface area contributed by atoms with Crippen LogP contribution in [0.4, 0.5) is 5.82 Å². The third-order valence-electron chi connectivity index (χ3n) is 5.81. The highest BCUT2D eigenvalue weighted by Crippen LogP contribution is 2.14. The van der Waals surface area contributed by atoms with E-state index in [-0.39, 0.29) is 24.1 Å². The molecule has 1 atom stereocenters. The lowest BCUT2D eigenvalue weighted by molar-refractivity contribution is -0.136. The third kappa shape index (κ3) is 7.72. The van der Waals surface area contributed by atoms with Crippen molar-refractivity contribution in [2.45, 2.75) is 31.7 Å². The minimum Gasteiger partial charge on any atom is -0.353 e. The number of nitrogens with one attached hydrogen (secondary N) is 2. The van der Waals surface area contributed by atoms with Gasteiger partial charge in [0.1, 0.15) is 11.9 Å². The number of rotatable bonds is 11. The van der Waals surface area contributed by atoms with Crippen LogP contribution in [0, 0.1) is 0 Å². The van der Waals surface area contributed by atoms with Gasteiger partial charge in [0.2, 0.25) is 17.7 Å². The lowest BCUT2D eigenvalue weighted by Crippen LogP contribution is -2.55. The zero-order valence-corrected chi connectivity index (χ0v) is 19.5. The smallest absolute Gasteiger partial charge is 0.245 e. The summed E-state index contributed by atoms with van der Waals surface area (Å²) in [5.41, 5.74) is 0.905. The summed E-state index contributed by atoms with van der Waals surface area (Å²) in [7, 11) is 0. The Morgan fingerprint density at radius 1 is 1.00 bits per heavy atom. The monoisotopic (exact) mass is 463 g/mol. The van der Waals surface area contributed by atoms with E-state index in [1.54, 1.807) is 6.20 Å². The number of hydrogen-bond donors (Lipinski definition) is 2. The van der Waals surface area contributed by atoms with Crippen LogP contribution >= 0.6 is 0 Å². The molecule has 0 aliphatic carbocycles. The number of carbonyl (C=O) groups is 3. The van der Waals surface area contributed by atoms with Crippen molar-refractivity contribution < 1.29 is 14.4 Å². The number of aromatic nitrogens is 1. The average molecular weight is 464 g/mol. The van der Waals surface area contributed by atoms with Crippen molar-refractivity contribution in [3.05, 3.63) is 72.9 Å². The normalized spacial score (nSPS) is 14.2. The van der Waals surface area contributed by atoms with Crippen LogP contribution in [0.3, 0.4) is 0 Å². The van der Waals surface area contributed by atoms with Crippen molar-refractivity contribution in [2.24, 2.45) is 0 Å². The Morgan fingerprint density at radius 3 is 2.41 bits per heavy atom. The maximum atomic E-state index is 13.3. The van der Waals surface area contributed by atoms with E-state index in [1.165, 1.54) is 6.08 Å². The molecule has 0 saturated carbocycles. The summed E-state index contributed by atoms with van der Waals surface area (Å²) in [6, 6.07) is 14.7. The Kier molecular flexibility index (Phi) is 9.64. The van der Waals surface area contributed by atoms with E-state index in [4.69, 9.17) is 0 Å². The van der Waals surface area contributed by atoms with Gasteiger partial charge in [-0.05, 0) is 43.0 Å². The number of amides is 3. The lowest BCUT2D eigenvalue weighted by Gasteiger charge is -2.37. The van der Waals surface area contributed by atoms with Crippen LogP contribution in [0.2, 0.25) is 0 Å². The first-order valence-electron chi connectivity index (χ1n) is 11.7. The first-order valence-corrected chi connectivity index (χ1v) is 11.7. The van der Waals surface area contributed by atoms with Crippen molar-refractivity contribution in [3.63, 3.8) is 0 Å². The van der Waals surface area contributed by atoms with Crippen molar-refractivity contribution in [2.75, 3.05) is 37.6 Å². The molecule has 8 nitrogen and oxygen atoms in total. The largest absolute Gasteiger partial charge is 0.353 e. The highest BCUT2D eigenvalue weighted by molar-refractivity contribution is 5.88. The van der Waals surface area contributed by atoms with E-state index in [2.05, 4.69) is 27.1 Å². The molecule has 34 heavy (non-hydrogen) atoms. The maximum absolute atomic E-state index is 13.3. The highest BCUT2D eigenvalue weighted by Gasteiger charge is 2.28. The number of piperazine rings is 1. The van der Waals surface area contributed by atoms with Gasteiger partial charge in [-0.2, -0.15) is 0 Å². The van der Waals surface area contributed by atoms with Gasteiger partial charge in [0.25, 0.3) is 0 Å². The second-order valence-electron chi connectivity index (χ2n) is 8.27. The molecule has 0 spiro atoms. The summed E-state index contributed by atoms with van der Waals surface area (Å²) in [5.74, 6) is 0.465. The number of pyridine rings is 1. The maximum Gasteiger partial charge on any atom is 0.245 e. The molecule has 2 heterocycles. The fraction of sp³-hybridized carbons (Fsp3) is 0.385. The van der Waals surface area contributed by atoms with Crippen LogP contribution in [-0.2, 0) is 20.8 Å². The predicted molar refractivity (Wildman–Crippen MR) is 132 cm³/mol. The van der Waals surface area contributed by atoms with E-state index >= 15 is 0 Å². The molecule has 3 amide bonds. The molecule has 2 aromatic rings. The molecular weight excluding hydrogens is 430 g/mol. The van der Waals surface area contributed by atoms with Gasteiger partial charge in [0, 0.05) is 38.9 Å². The first-order chi connectivity index (χ1) is 16.6. The first kappa shape index (κ1) is 25.0. The van der Waals surface area contributed by atoms with Gasteiger partial charge in [0.15, 0.2) is 0 Å². The van der Waals surface area contributed by atoms with E-state index in [1.807, 2.05) is 53.4 Å². The molecule has 0 bridgehead atoms. The molecule has 3 rings (SSSR count). The predicted octanol–water partition coefficient (Wildman–Crippen LogP) is 1.93. The van der Waals surface area contributed by atoms with Gasteiger partial charge in [-0.15, -0.1) is 0 Å². The molecule has 180 valence electrons. The summed E-state index contributed by atoms with van der Waals surface area (Å²) >= 11 is 0. The van der Waals surface area contributed by atoms with E-state index in [0.717, 1.165) is 11.4 Å². The Morgan fingerprint density at radius 2 is 1.74 bits per heavy atom. The molecule has 1 aromatic carbocycles. The van der Waals surface area contributed by atoms with E-state index < -0.39 is 6.04 Å². The SMILES string of the molecule is C=CC(=O)NCCCCC(NC(=O)Cc1ccccc1)C(=O)N1CCN(c2ccccn2)CC1. The Labute approximate surface area is 201 Å². The zero-order valence-electron chi connectivity index (χ0n) is 19.5. The van der Waals surface area contributed by atoms with Crippen molar-refractivity contribution in [1.29, 1.82) is 0 Å². The van der Waals surface area contributed by atoms with Crippen LogP contribution in [0.15, 0.2) is 67.4 Å². The van der Waals surface area contributed by atoms with E-state index in [9.17, 15) is 14.4 Å². The summed E-state index contributed by atoms with van der Waals surface area (Å²) in [6.45, 7) is 6.49. The van der Waals surface area contributed by atoms with Crippen molar-refractivity contribution >= 4 is 23.5 Å². The quantitative estimate of drug-likeness (QED) is 0.392. The van der Waals surface area contributed by atoms with Crippen LogP contribution in [0.1, 0.15) is 24.8 Å². The molecule has 1 aliphatic rings. The summed E-state index contributed by atoms with van der Waals surface area (Å²) < 4.78 is 0. The summed E-state index contributed by atoms with van der Waals surface area (Å²) in [6.07, 6.45) is 5.17. The van der Waals surface area contributed by atoms with Gasteiger partial charge >= 0.3 is 0 Å². The van der Waals surface area contributed by atoms with Gasteiger partial charge in [-0.25, -0.2) is 4.98 Å². The Bertz CT molecular complexity index is 943. The Hall–Kier alpha value is -3.68. The van der Waals surface area contributed by atoms with E-state index in [0.29, 0.717) is 52.0 Å². The average Bonchev–Trinajstić information content (AvgIpc) is 2.88. The van der Waals surface area contributed by atoms with Gasteiger partial charge in [0.05, 0.1) is 6.42 Å². The van der Waals surface area contributed by atoms with Crippen molar-refractivity contribution in [1.82, 2.24) is 20.5 Å². The fourth-order valence-corrected chi connectivity index (χ4v) is 3.96.